The number of rotatable bonds is 1. The number of hydrogen-bond acceptors (Lipinski definition) is 4. The molecule has 0 saturated carbocycles. The monoisotopic (exact) mass is 255 g/mol. The molecule has 1 amide bonds. The summed E-state index contributed by atoms with van der Waals surface area (Å²) >= 11 is 0. The van der Waals surface area contributed by atoms with Crippen molar-refractivity contribution in [3.8, 4) is 17.0 Å². The van der Waals surface area contributed by atoms with Gasteiger partial charge in [-0.3, -0.25) is 15.5 Å². The Kier molecular flexibility index (Phi) is 2.68. The van der Waals surface area contributed by atoms with Crippen LogP contribution < -0.4 is 15.4 Å². The summed E-state index contributed by atoms with van der Waals surface area (Å²) in [6.45, 7) is 0. The van der Waals surface area contributed by atoms with E-state index in [-0.39, 0.29) is 5.91 Å². The molecule has 1 unspecified atom stereocenters. The number of para-hydroxylation sites is 1. The number of fused-ring (bicyclic) bond motifs is 1. The van der Waals surface area contributed by atoms with Gasteiger partial charge >= 0.3 is 0 Å². The first-order chi connectivity index (χ1) is 9.18. The molecule has 5 nitrogen and oxygen atoms in total. The van der Waals surface area contributed by atoms with E-state index in [0.29, 0.717) is 11.4 Å². The molecule has 0 spiro atoms. The van der Waals surface area contributed by atoms with Gasteiger partial charge in [-0.15, -0.1) is 0 Å². The zero-order valence-electron chi connectivity index (χ0n) is 10.4. The van der Waals surface area contributed by atoms with Crippen LogP contribution in [0.1, 0.15) is 0 Å². The van der Waals surface area contributed by atoms with Crippen LogP contribution in [0, 0.1) is 0 Å². The first-order valence-corrected chi connectivity index (χ1v) is 5.92. The number of nitrogens with zero attached hydrogens (tertiary/aromatic N) is 2. The highest BCUT2D eigenvalue weighted by molar-refractivity contribution is 6.03. The van der Waals surface area contributed by atoms with Gasteiger partial charge in [0.1, 0.15) is 5.75 Å². The van der Waals surface area contributed by atoms with Crippen LogP contribution in [0.4, 0.5) is 5.69 Å². The van der Waals surface area contributed by atoms with Gasteiger partial charge in [-0.2, -0.15) is 0 Å². The Hall–Kier alpha value is -2.40. The lowest BCUT2D eigenvalue weighted by molar-refractivity contribution is -0.125. The van der Waals surface area contributed by atoms with Crippen molar-refractivity contribution in [1.29, 1.82) is 0 Å². The largest absolute Gasteiger partial charge is 0.464 e. The second-order valence-electron chi connectivity index (χ2n) is 4.30. The highest BCUT2D eigenvalue weighted by atomic mass is 16.5. The molecule has 1 aromatic carbocycles. The number of hydrogen-bond donors (Lipinski definition) is 1. The average Bonchev–Trinajstić information content (AvgIpc) is 2.45. The fraction of sp³-hybridized carbons (Fsp3) is 0.143. The van der Waals surface area contributed by atoms with Crippen LogP contribution in [0.5, 0.6) is 5.75 Å². The molecule has 3 rings (SSSR count). The van der Waals surface area contributed by atoms with Gasteiger partial charge < -0.3 is 9.64 Å². The van der Waals surface area contributed by atoms with Crippen molar-refractivity contribution in [2.45, 2.75) is 6.23 Å². The number of benzene rings is 1. The van der Waals surface area contributed by atoms with Crippen LogP contribution in [0.15, 0.2) is 42.6 Å². The molecule has 0 radical (unpaired) electrons. The summed E-state index contributed by atoms with van der Waals surface area (Å²) in [6, 6.07) is 11.2. The third-order valence-electron chi connectivity index (χ3n) is 3.10. The zero-order valence-corrected chi connectivity index (χ0v) is 10.4. The summed E-state index contributed by atoms with van der Waals surface area (Å²) < 4.78 is 5.44. The first-order valence-electron chi connectivity index (χ1n) is 5.92. The molecule has 1 aliphatic rings. The Balaban J connectivity index is 2.19. The molecule has 0 saturated heterocycles. The highest BCUT2D eigenvalue weighted by Crippen LogP contribution is 2.40. The minimum absolute atomic E-state index is 0.268. The van der Waals surface area contributed by atoms with E-state index in [2.05, 4.69) is 4.98 Å². The van der Waals surface area contributed by atoms with E-state index in [1.807, 2.05) is 30.3 Å². The Morgan fingerprint density at radius 3 is 2.84 bits per heavy atom. The number of likely N-dealkylation sites (N-methyl/N-ethyl adjacent to an activating group) is 1. The van der Waals surface area contributed by atoms with Gasteiger partial charge in [0.2, 0.25) is 6.23 Å². The molecule has 19 heavy (non-hydrogen) atoms. The Morgan fingerprint density at radius 2 is 2.11 bits per heavy atom. The minimum atomic E-state index is -0.948. The fourth-order valence-corrected chi connectivity index (χ4v) is 2.18. The summed E-state index contributed by atoms with van der Waals surface area (Å²) in [7, 11) is 1.69. The van der Waals surface area contributed by atoms with Crippen molar-refractivity contribution in [2.24, 2.45) is 5.73 Å². The van der Waals surface area contributed by atoms with Crippen molar-refractivity contribution in [3.63, 3.8) is 0 Å². The van der Waals surface area contributed by atoms with Crippen molar-refractivity contribution in [1.82, 2.24) is 4.98 Å². The van der Waals surface area contributed by atoms with Crippen LogP contribution in [0.2, 0.25) is 0 Å². The maximum Gasteiger partial charge on any atom is 0.283 e. The lowest BCUT2D eigenvalue weighted by Gasteiger charge is -2.31. The van der Waals surface area contributed by atoms with Crippen LogP contribution in [0.25, 0.3) is 11.3 Å². The molecule has 1 atom stereocenters. The number of ether oxygens (including phenoxy) is 1. The fourth-order valence-electron chi connectivity index (χ4n) is 2.18. The predicted molar refractivity (Wildman–Crippen MR) is 71.7 cm³/mol. The second-order valence-corrected chi connectivity index (χ2v) is 4.30. The van der Waals surface area contributed by atoms with E-state index in [1.54, 1.807) is 19.3 Å². The zero-order chi connectivity index (χ0) is 13.4. The normalized spacial score (nSPS) is 17.9. The van der Waals surface area contributed by atoms with E-state index >= 15 is 0 Å². The third kappa shape index (κ3) is 1.84. The lowest BCUT2D eigenvalue weighted by atomic mass is 10.1. The van der Waals surface area contributed by atoms with E-state index in [0.717, 1.165) is 11.3 Å². The lowest BCUT2D eigenvalue weighted by Crippen LogP contribution is -2.49. The molecule has 1 aliphatic heterocycles. The van der Waals surface area contributed by atoms with Crippen molar-refractivity contribution >= 4 is 11.6 Å². The highest BCUT2D eigenvalue weighted by Gasteiger charge is 2.31. The van der Waals surface area contributed by atoms with E-state index in [4.69, 9.17) is 10.5 Å². The number of anilines is 1. The van der Waals surface area contributed by atoms with E-state index in [1.165, 1.54) is 4.90 Å². The summed E-state index contributed by atoms with van der Waals surface area (Å²) in [6.07, 6.45) is 0.767. The van der Waals surface area contributed by atoms with Gasteiger partial charge in [0, 0.05) is 18.8 Å². The van der Waals surface area contributed by atoms with Crippen LogP contribution in [0.3, 0.4) is 0 Å². The number of aromatic nitrogens is 1. The first kappa shape index (κ1) is 11.7. The Morgan fingerprint density at radius 1 is 1.26 bits per heavy atom. The van der Waals surface area contributed by atoms with Gasteiger partial charge in [0.15, 0.2) is 0 Å². The second kappa shape index (κ2) is 4.37. The maximum absolute atomic E-state index is 11.9. The molecule has 0 bridgehead atoms. The summed E-state index contributed by atoms with van der Waals surface area (Å²) in [5.41, 5.74) is 7.98. The Bertz CT molecular complexity index is 628. The molecular formula is C14H13N3O2. The third-order valence-corrected chi connectivity index (χ3v) is 3.10. The summed E-state index contributed by atoms with van der Waals surface area (Å²) in [4.78, 5) is 17.8. The van der Waals surface area contributed by atoms with Gasteiger partial charge in [-0.1, -0.05) is 18.2 Å². The molecule has 96 valence electrons. The van der Waals surface area contributed by atoms with E-state index < -0.39 is 6.23 Å². The van der Waals surface area contributed by atoms with E-state index in [9.17, 15) is 4.79 Å². The van der Waals surface area contributed by atoms with Crippen molar-refractivity contribution < 1.29 is 9.53 Å². The van der Waals surface area contributed by atoms with Crippen LogP contribution in [-0.2, 0) is 4.79 Å². The standard InChI is InChI=1S/C14H13N3O2/c1-17-12-9(10-6-2-3-8-16-10)5-4-7-11(12)19-13(15)14(17)18/h2-8,13H,15H2,1H3. The number of pyridine rings is 1. The van der Waals surface area contributed by atoms with Gasteiger partial charge in [0.05, 0.1) is 11.4 Å². The molecule has 1 aromatic heterocycles. The summed E-state index contributed by atoms with van der Waals surface area (Å²) in [5, 5.41) is 0. The number of carbonyl (C=O) groups excluding carboxylic acids is 1. The van der Waals surface area contributed by atoms with Crippen molar-refractivity contribution in [2.75, 3.05) is 11.9 Å². The SMILES string of the molecule is CN1C(=O)C(N)Oc2cccc(-c3ccccn3)c21. The Labute approximate surface area is 110 Å². The van der Waals surface area contributed by atoms with Crippen LogP contribution >= 0.6 is 0 Å². The average molecular weight is 255 g/mol. The van der Waals surface area contributed by atoms with Gasteiger partial charge in [-0.25, -0.2) is 0 Å². The molecule has 2 aromatic rings. The number of amides is 1. The van der Waals surface area contributed by atoms with Crippen LogP contribution in [-0.4, -0.2) is 24.2 Å². The predicted octanol–water partition coefficient (Wildman–Crippen LogP) is 1.39. The molecular weight excluding hydrogens is 242 g/mol. The molecule has 2 N–H and O–H groups in total. The topological polar surface area (TPSA) is 68.5 Å². The smallest absolute Gasteiger partial charge is 0.283 e. The number of nitrogens with two attached hydrogens (primary N) is 1. The quantitative estimate of drug-likeness (QED) is 0.836. The number of carbonyl (C=O) groups is 1. The van der Waals surface area contributed by atoms with Crippen molar-refractivity contribution in [3.05, 3.63) is 42.6 Å². The van der Waals surface area contributed by atoms with Gasteiger partial charge in [0.25, 0.3) is 5.91 Å². The molecule has 5 heteroatoms. The maximum atomic E-state index is 11.9. The molecule has 0 fully saturated rings. The molecule has 0 aliphatic carbocycles. The summed E-state index contributed by atoms with van der Waals surface area (Å²) in [5.74, 6) is 0.327. The van der Waals surface area contributed by atoms with Gasteiger partial charge in [-0.05, 0) is 18.2 Å². The molecule has 2 heterocycles. The minimum Gasteiger partial charge on any atom is -0.464 e.